The van der Waals surface area contributed by atoms with Crippen LogP contribution in [0.1, 0.15) is 0 Å². The summed E-state index contributed by atoms with van der Waals surface area (Å²) in [6.45, 7) is 5.70. The third kappa shape index (κ3) is 3.64. The molecule has 0 amide bonds. The molecule has 0 unspecified atom stereocenters. The summed E-state index contributed by atoms with van der Waals surface area (Å²) in [5.74, 6) is 1.46. The molecule has 1 fully saturated rings. The van der Waals surface area contributed by atoms with Gasteiger partial charge in [-0.15, -0.1) is 0 Å². The van der Waals surface area contributed by atoms with Crippen LogP contribution in [0.15, 0.2) is 42.5 Å². The fourth-order valence-electron chi connectivity index (χ4n) is 3.29. The Labute approximate surface area is 146 Å². The third-order valence-corrected chi connectivity index (χ3v) is 4.70. The maximum absolute atomic E-state index is 13.9. The van der Waals surface area contributed by atoms with E-state index in [4.69, 9.17) is 9.47 Å². The molecule has 0 radical (unpaired) electrons. The highest BCUT2D eigenvalue weighted by Crippen LogP contribution is 2.34. The summed E-state index contributed by atoms with van der Waals surface area (Å²) in [5, 5.41) is 3.42. The smallest absolute Gasteiger partial charge is 0.231 e. The topological polar surface area (TPSA) is 37.0 Å². The number of nitrogens with zero attached hydrogens (tertiary/aromatic N) is 2. The fourth-order valence-corrected chi connectivity index (χ4v) is 3.29. The Hall–Kier alpha value is -2.47. The van der Waals surface area contributed by atoms with Gasteiger partial charge in [-0.1, -0.05) is 12.1 Å². The van der Waals surface area contributed by atoms with E-state index in [9.17, 15) is 4.39 Å². The molecule has 0 bridgehead atoms. The number of para-hydroxylation sites is 1. The normalized spacial score (nSPS) is 16.9. The summed E-state index contributed by atoms with van der Waals surface area (Å²) in [6.07, 6.45) is 0. The first kappa shape index (κ1) is 16.0. The summed E-state index contributed by atoms with van der Waals surface area (Å²) in [4.78, 5) is 4.52. The minimum atomic E-state index is -0.138. The molecule has 0 saturated carbocycles. The number of fused-ring (bicyclic) bond motifs is 1. The average Bonchev–Trinajstić information content (AvgIpc) is 3.11. The van der Waals surface area contributed by atoms with Crippen LogP contribution in [0.4, 0.5) is 15.8 Å². The van der Waals surface area contributed by atoms with Crippen LogP contribution in [0.3, 0.4) is 0 Å². The molecule has 0 spiro atoms. The molecule has 4 rings (SSSR count). The van der Waals surface area contributed by atoms with Crippen molar-refractivity contribution in [2.45, 2.75) is 0 Å². The molecular formula is C19H22FN3O2. The van der Waals surface area contributed by atoms with Gasteiger partial charge in [0, 0.05) is 51.0 Å². The molecule has 0 aliphatic carbocycles. The highest BCUT2D eigenvalue weighted by molar-refractivity contribution is 5.55. The van der Waals surface area contributed by atoms with Gasteiger partial charge in [0.15, 0.2) is 11.5 Å². The molecular weight excluding hydrogens is 321 g/mol. The van der Waals surface area contributed by atoms with Crippen LogP contribution < -0.4 is 19.7 Å². The maximum atomic E-state index is 13.9. The lowest BCUT2D eigenvalue weighted by Gasteiger charge is -2.36. The standard InChI is InChI=1S/C19H22FN3O2/c20-16-3-1-2-4-17(16)23-11-9-22(10-12-23)8-7-21-15-5-6-18-19(13-15)25-14-24-18/h1-6,13,21H,7-12,14H2. The van der Waals surface area contributed by atoms with E-state index in [1.807, 2.05) is 30.3 Å². The van der Waals surface area contributed by atoms with Gasteiger partial charge in [-0.25, -0.2) is 4.39 Å². The van der Waals surface area contributed by atoms with Gasteiger partial charge in [-0.2, -0.15) is 0 Å². The van der Waals surface area contributed by atoms with Crippen LogP contribution in [0.5, 0.6) is 11.5 Å². The SMILES string of the molecule is Fc1ccccc1N1CCN(CCNc2ccc3c(c2)OCO3)CC1. The lowest BCUT2D eigenvalue weighted by atomic mass is 10.2. The Morgan fingerprint density at radius 3 is 2.60 bits per heavy atom. The number of halogens is 1. The second-order valence-corrected chi connectivity index (χ2v) is 6.27. The Morgan fingerprint density at radius 2 is 1.76 bits per heavy atom. The van der Waals surface area contributed by atoms with Crippen LogP contribution in [-0.4, -0.2) is 51.0 Å². The number of hydrogen-bond donors (Lipinski definition) is 1. The van der Waals surface area contributed by atoms with Crippen molar-refractivity contribution in [3.8, 4) is 11.5 Å². The first-order valence-electron chi connectivity index (χ1n) is 8.65. The molecule has 5 nitrogen and oxygen atoms in total. The maximum Gasteiger partial charge on any atom is 0.231 e. The first-order valence-corrected chi connectivity index (χ1v) is 8.65. The van der Waals surface area contributed by atoms with Crippen molar-refractivity contribution in [2.75, 3.05) is 56.3 Å². The molecule has 0 atom stereocenters. The summed E-state index contributed by atoms with van der Waals surface area (Å²) < 4.78 is 24.6. The van der Waals surface area contributed by atoms with Gasteiger partial charge in [-0.05, 0) is 24.3 Å². The minimum absolute atomic E-state index is 0.138. The summed E-state index contributed by atoms with van der Waals surface area (Å²) in [7, 11) is 0. The first-order chi connectivity index (χ1) is 12.3. The Morgan fingerprint density at radius 1 is 0.960 bits per heavy atom. The third-order valence-electron chi connectivity index (χ3n) is 4.70. The van der Waals surface area contributed by atoms with Crippen molar-refractivity contribution in [2.24, 2.45) is 0 Å². The van der Waals surface area contributed by atoms with E-state index < -0.39 is 0 Å². The Bertz CT molecular complexity index is 732. The molecule has 1 N–H and O–H groups in total. The largest absolute Gasteiger partial charge is 0.454 e. The van der Waals surface area contributed by atoms with Crippen molar-refractivity contribution >= 4 is 11.4 Å². The molecule has 2 aliphatic heterocycles. The molecule has 25 heavy (non-hydrogen) atoms. The number of nitrogens with one attached hydrogen (secondary N) is 1. The highest BCUT2D eigenvalue weighted by atomic mass is 19.1. The van der Waals surface area contributed by atoms with Gasteiger partial charge in [-0.3, -0.25) is 4.90 Å². The van der Waals surface area contributed by atoms with Crippen molar-refractivity contribution in [1.29, 1.82) is 0 Å². The molecule has 2 aromatic carbocycles. The molecule has 1 saturated heterocycles. The molecule has 6 heteroatoms. The molecule has 0 aromatic heterocycles. The molecule has 2 aromatic rings. The lowest BCUT2D eigenvalue weighted by molar-refractivity contribution is 0.174. The van der Waals surface area contributed by atoms with Gasteiger partial charge in [0.05, 0.1) is 5.69 Å². The monoisotopic (exact) mass is 343 g/mol. The summed E-state index contributed by atoms with van der Waals surface area (Å²) in [6, 6.07) is 12.9. The van der Waals surface area contributed by atoms with Crippen LogP contribution in [0, 0.1) is 5.82 Å². The zero-order chi connectivity index (χ0) is 17.1. The number of hydrogen-bond acceptors (Lipinski definition) is 5. The molecule has 2 aliphatic rings. The van der Waals surface area contributed by atoms with Crippen LogP contribution >= 0.6 is 0 Å². The van der Waals surface area contributed by atoms with Gasteiger partial charge in [0.25, 0.3) is 0 Å². The van der Waals surface area contributed by atoms with Crippen molar-refractivity contribution in [1.82, 2.24) is 4.90 Å². The van der Waals surface area contributed by atoms with Gasteiger partial charge < -0.3 is 19.7 Å². The van der Waals surface area contributed by atoms with Crippen molar-refractivity contribution in [3.63, 3.8) is 0 Å². The van der Waals surface area contributed by atoms with Crippen LogP contribution in [-0.2, 0) is 0 Å². The van der Waals surface area contributed by atoms with E-state index in [0.29, 0.717) is 12.5 Å². The van der Waals surface area contributed by atoms with E-state index in [-0.39, 0.29) is 5.82 Å². The van der Waals surface area contributed by atoms with E-state index in [0.717, 1.165) is 56.5 Å². The zero-order valence-corrected chi connectivity index (χ0v) is 14.1. The predicted molar refractivity (Wildman–Crippen MR) is 96.1 cm³/mol. The van der Waals surface area contributed by atoms with Crippen LogP contribution in [0.25, 0.3) is 0 Å². The highest BCUT2D eigenvalue weighted by Gasteiger charge is 2.19. The van der Waals surface area contributed by atoms with Crippen molar-refractivity contribution in [3.05, 3.63) is 48.3 Å². The number of anilines is 2. The summed E-state index contributed by atoms with van der Waals surface area (Å²) >= 11 is 0. The van der Waals surface area contributed by atoms with E-state index in [2.05, 4.69) is 15.1 Å². The second kappa shape index (κ2) is 7.19. The van der Waals surface area contributed by atoms with E-state index in [1.165, 1.54) is 6.07 Å². The van der Waals surface area contributed by atoms with E-state index in [1.54, 1.807) is 6.07 Å². The van der Waals surface area contributed by atoms with Crippen LogP contribution in [0.2, 0.25) is 0 Å². The minimum Gasteiger partial charge on any atom is -0.454 e. The van der Waals surface area contributed by atoms with Gasteiger partial charge in [0.1, 0.15) is 5.82 Å². The molecule has 132 valence electrons. The number of ether oxygens (including phenoxy) is 2. The van der Waals surface area contributed by atoms with Gasteiger partial charge in [0.2, 0.25) is 6.79 Å². The van der Waals surface area contributed by atoms with E-state index >= 15 is 0 Å². The second-order valence-electron chi connectivity index (χ2n) is 6.27. The molecule has 2 heterocycles. The summed E-state index contributed by atoms with van der Waals surface area (Å²) in [5.41, 5.74) is 1.75. The number of benzene rings is 2. The number of rotatable bonds is 5. The fraction of sp³-hybridized carbons (Fsp3) is 0.368. The quantitative estimate of drug-likeness (QED) is 0.904. The van der Waals surface area contributed by atoms with Gasteiger partial charge >= 0.3 is 0 Å². The Balaban J connectivity index is 1.23. The predicted octanol–water partition coefficient (Wildman–Crippen LogP) is 2.79. The zero-order valence-electron chi connectivity index (χ0n) is 14.1. The number of piperazine rings is 1. The lowest BCUT2D eigenvalue weighted by Crippen LogP contribution is -2.47. The Kier molecular flexibility index (Phi) is 4.61. The van der Waals surface area contributed by atoms with Crippen molar-refractivity contribution < 1.29 is 13.9 Å². The average molecular weight is 343 g/mol.